The Balaban J connectivity index is 0.000000343. The number of rotatable bonds is 1. The summed E-state index contributed by atoms with van der Waals surface area (Å²) >= 11 is 0. The van der Waals surface area contributed by atoms with Crippen LogP contribution >= 0.6 is 0 Å². The van der Waals surface area contributed by atoms with Gasteiger partial charge in [-0.25, -0.2) is 0 Å². The summed E-state index contributed by atoms with van der Waals surface area (Å²) in [6.45, 7) is 6.42. The van der Waals surface area contributed by atoms with Gasteiger partial charge in [0.15, 0.2) is 0 Å². The molecule has 1 aliphatic carbocycles. The van der Waals surface area contributed by atoms with Gasteiger partial charge in [-0.1, -0.05) is 50.8 Å². The molecule has 3 aliphatic rings. The number of piperidine rings is 1. The third-order valence-electron chi connectivity index (χ3n) is 5.33. The van der Waals surface area contributed by atoms with E-state index < -0.39 is 6.04 Å². The predicted octanol–water partition coefficient (Wildman–Crippen LogP) is 2.67. The molecular formula is C23H37N3O4. The van der Waals surface area contributed by atoms with E-state index in [0.717, 1.165) is 18.2 Å². The van der Waals surface area contributed by atoms with Crippen LogP contribution in [0.4, 0.5) is 0 Å². The topological polar surface area (TPSA) is 113 Å². The van der Waals surface area contributed by atoms with Crippen LogP contribution in [0.2, 0.25) is 0 Å². The number of imide groups is 1. The van der Waals surface area contributed by atoms with E-state index in [9.17, 15) is 14.4 Å². The third-order valence-corrected chi connectivity index (χ3v) is 5.33. The Bertz CT molecular complexity index is 714. The first kappa shape index (κ1) is 25.8. The largest absolute Gasteiger partial charge is 0.400 e. The smallest absolute Gasteiger partial charge is 0.255 e. The van der Waals surface area contributed by atoms with Gasteiger partial charge in [0, 0.05) is 31.7 Å². The fourth-order valence-corrected chi connectivity index (χ4v) is 3.84. The second-order valence-corrected chi connectivity index (χ2v) is 7.46. The summed E-state index contributed by atoms with van der Waals surface area (Å²) in [6, 6.07) is 5.68. The second kappa shape index (κ2) is 13.1. The SMILES string of the molecule is CC.CO.Cc1ccc2c(c1)CN(C1CCC(=O)NC1=O)C2=O.NC1CCCCC1. The molecule has 168 valence electrons. The Morgan fingerprint density at radius 2 is 1.67 bits per heavy atom. The van der Waals surface area contributed by atoms with Crippen molar-refractivity contribution in [3.05, 3.63) is 34.9 Å². The van der Waals surface area contributed by atoms with E-state index >= 15 is 0 Å². The quantitative estimate of drug-likeness (QED) is 0.606. The number of hydrogen-bond donors (Lipinski definition) is 3. The molecule has 4 N–H and O–H groups in total. The molecule has 3 amide bonds. The fourth-order valence-electron chi connectivity index (χ4n) is 3.84. The van der Waals surface area contributed by atoms with Crippen molar-refractivity contribution in [1.29, 1.82) is 0 Å². The van der Waals surface area contributed by atoms with Crippen LogP contribution in [-0.2, 0) is 16.1 Å². The standard InChI is InChI=1S/C14H14N2O3.C6H13N.C2H6.CH4O/c1-8-2-3-10-9(6-8)7-16(14(10)19)11-4-5-12(17)15-13(11)18;7-6-4-2-1-3-5-6;2*1-2/h2-3,6,11H,4-5,7H2,1H3,(H,15,17,18);6H,1-5,7H2;1-2H3;2H,1H3. The lowest BCUT2D eigenvalue weighted by molar-refractivity contribution is -0.136. The minimum atomic E-state index is -0.530. The van der Waals surface area contributed by atoms with Crippen molar-refractivity contribution >= 4 is 17.7 Å². The van der Waals surface area contributed by atoms with Crippen molar-refractivity contribution in [1.82, 2.24) is 10.2 Å². The maximum Gasteiger partial charge on any atom is 0.255 e. The van der Waals surface area contributed by atoms with Gasteiger partial charge >= 0.3 is 0 Å². The second-order valence-electron chi connectivity index (χ2n) is 7.46. The van der Waals surface area contributed by atoms with Crippen LogP contribution in [0.3, 0.4) is 0 Å². The summed E-state index contributed by atoms with van der Waals surface area (Å²) < 4.78 is 0. The molecule has 1 saturated carbocycles. The maximum atomic E-state index is 12.3. The Morgan fingerprint density at radius 1 is 1.03 bits per heavy atom. The highest BCUT2D eigenvalue weighted by Crippen LogP contribution is 2.27. The molecule has 1 atom stereocenters. The van der Waals surface area contributed by atoms with Gasteiger partial charge in [0.1, 0.15) is 6.04 Å². The number of amides is 3. The molecule has 2 fully saturated rings. The minimum absolute atomic E-state index is 0.121. The number of nitrogens with one attached hydrogen (secondary N) is 1. The lowest BCUT2D eigenvalue weighted by atomic mass is 9.97. The first-order valence-electron chi connectivity index (χ1n) is 10.9. The first-order valence-corrected chi connectivity index (χ1v) is 10.9. The highest BCUT2D eigenvalue weighted by Gasteiger charge is 2.38. The highest BCUT2D eigenvalue weighted by molar-refractivity contribution is 6.05. The fraction of sp³-hybridized carbons (Fsp3) is 0.609. The molecule has 1 saturated heterocycles. The van der Waals surface area contributed by atoms with Crippen molar-refractivity contribution in [2.45, 2.75) is 84.3 Å². The molecule has 0 bridgehead atoms. The van der Waals surface area contributed by atoms with E-state index in [1.165, 1.54) is 32.1 Å². The summed E-state index contributed by atoms with van der Waals surface area (Å²) in [7, 11) is 1.00. The number of benzene rings is 1. The monoisotopic (exact) mass is 419 g/mol. The van der Waals surface area contributed by atoms with Crippen LogP contribution in [0.15, 0.2) is 18.2 Å². The van der Waals surface area contributed by atoms with E-state index in [1.54, 1.807) is 11.0 Å². The first-order chi connectivity index (χ1) is 14.5. The number of carbonyl (C=O) groups excluding carboxylic acids is 3. The van der Waals surface area contributed by atoms with Gasteiger partial charge in [0.2, 0.25) is 11.8 Å². The summed E-state index contributed by atoms with van der Waals surface area (Å²) in [4.78, 5) is 36.8. The lowest BCUT2D eigenvalue weighted by Gasteiger charge is -2.29. The Kier molecular flexibility index (Phi) is 11.3. The normalized spacial score (nSPS) is 20.5. The zero-order valence-electron chi connectivity index (χ0n) is 18.7. The van der Waals surface area contributed by atoms with Crippen LogP contribution < -0.4 is 11.1 Å². The number of hydrogen-bond acceptors (Lipinski definition) is 5. The molecule has 2 heterocycles. The summed E-state index contributed by atoms with van der Waals surface area (Å²) in [5.74, 6) is -0.750. The molecule has 1 aromatic carbocycles. The molecule has 1 unspecified atom stereocenters. The lowest BCUT2D eigenvalue weighted by Crippen LogP contribution is -2.52. The number of nitrogens with zero attached hydrogens (tertiary/aromatic N) is 1. The van der Waals surface area contributed by atoms with Crippen LogP contribution in [0.25, 0.3) is 0 Å². The number of nitrogens with two attached hydrogens (primary N) is 1. The number of carbonyl (C=O) groups is 3. The van der Waals surface area contributed by atoms with Crippen molar-refractivity contribution in [2.75, 3.05) is 7.11 Å². The van der Waals surface area contributed by atoms with Gasteiger partial charge in [0.25, 0.3) is 5.91 Å². The van der Waals surface area contributed by atoms with Gasteiger partial charge in [-0.3, -0.25) is 19.7 Å². The van der Waals surface area contributed by atoms with Crippen LogP contribution in [0.5, 0.6) is 0 Å². The van der Waals surface area contributed by atoms with Gasteiger partial charge in [-0.15, -0.1) is 0 Å². The highest BCUT2D eigenvalue weighted by atomic mass is 16.2. The Labute approximate surface area is 180 Å². The summed E-state index contributed by atoms with van der Waals surface area (Å²) in [5.41, 5.74) is 8.34. The van der Waals surface area contributed by atoms with Crippen molar-refractivity contribution < 1.29 is 19.5 Å². The third kappa shape index (κ3) is 6.92. The molecule has 30 heavy (non-hydrogen) atoms. The van der Waals surface area contributed by atoms with Crippen LogP contribution in [0.1, 0.15) is 80.3 Å². The zero-order chi connectivity index (χ0) is 22.7. The predicted molar refractivity (Wildman–Crippen MR) is 118 cm³/mol. The minimum Gasteiger partial charge on any atom is -0.400 e. The molecule has 0 spiro atoms. The molecule has 7 heteroatoms. The van der Waals surface area contributed by atoms with Crippen molar-refractivity contribution in [2.24, 2.45) is 5.73 Å². The Hall–Kier alpha value is -2.25. The Morgan fingerprint density at radius 3 is 2.20 bits per heavy atom. The van der Waals surface area contributed by atoms with Crippen LogP contribution in [0, 0.1) is 6.92 Å². The number of aryl methyl sites for hydroxylation is 1. The van der Waals surface area contributed by atoms with Gasteiger partial charge < -0.3 is 15.7 Å². The van der Waals surface area contributed by atoms with E-state index in [4.69, 9.17) is 10.8 Å². The van der Waals surface area contributed by atoms with Crippen molar-refractivity contribution in [3.63, 3.8) is 0 Å². The van der Waals surface area contributed by atoms with E-state index in [1.807, 2.05) is 32.9 Å². The number of aliphatic hydroxyl groups is 1. The zero-order valence-corrected chi connectivity index (χ0v) is 18.7. The van der Waals surface area contributed by atoms with E-state index in [-0.39, 0.29) is 24.1 Å². The van der Waals surface area contributed by atoms with Gasteiger partial charge in [0.05, 0.1) is 0 Å². The average Bonchev–Trinajstić information content (AvgIpc) is 3.07. The number of aliphatic hydroxyl groups excluding tert-OH is 1. The van der Waals surface area contributed by atoms with Gasteiger partial charge in [-0.05, 0) is 37.8 Å². The maximum absolute atomic E-state index is 12.3. The van der Waals surface area contributed by atoms with Gasteiger partial charge in [-0.2, -0.15) is 0 Å². The molecule has 0 aromatic heterocycles. The van der Waals surface area contributed by atoms with Crippen LogP contribution in [-0.4, -0.2) is 46.9 Å². The van der Waals surface area contributed by atoms with E-state index in [2.05, 4.69) is 5.32 Å². The van der Waals surface area contributed by atoms with Crippen molar-refractivity contribution in [3.8, 4) is 0 Å². The number of fused-ring (bicyclic) bond motifs is 1. The molecule has 1 aromatic rings. The molecule has 0 radical (unpaired) electrons. The summed E-state index contributed by atoms with van der Waals surface area (Å²) in [5, 5.41) is 9.29. The average molecular weight is 420 g/mol. The van der Waals surface area contributed by atoms with E-state index in [0.29, 0.717) is 24.6 Å². The molecule has 4 rings (SSSR count). The molecule has 7 nitrogen and oxygen atoms in total. The molecular weight excluding hydrogens is 382 g/mol. The molecule has 2 aliphatic heterocycles. The summed E-state index contributed by atoms with van der Waals surface area (Å²) in [6.07, 6.45) is 7.36.